The van der Waals surface area contributed by atoms with E-state index in [0.717, 1.165) is 50.7 Å². The first kappa shape index (κ1) is 16.7. The second-order valence-corrected chi connectivity index (χ2v) is 4.08. The zero-order valence-electron chi connectivity index (χ0n) is 11.4. The smallest absolute Gasteiger partial charge is 0.331 e. The van der Waals surface area contributed by atoms with Gasteiger partial charge in [0.1, 0.15) is 0 Å². The Labute approximate surface area is 109 Å². The zero-order valence-corrected chi connectivity index (χ0v) is 11.4. The normalized spacial score (nSPS) is 10.6. The second kappa shape index (κ2) is 12.1. The van der Waals surface area contributed by atoms with Crippen LogP contribution in [0.5, 0.6) is 0 Å². The molecular formula is C14H24O4. The predicted octanol–water partition coefficient (Wildman–Crippen LogP) is 3.01. The van der Waals surface area contributed by atoms with Crippen LogP contribution in [0.3, 0.4) is 0 Å². The molecule has 18 heavy (non-hydrogen) atoms. The molecule has 0 fully saturated rings. The topological polar surface area (TPSA) is 52.6 Å². The van der Waals surface area contributed by atoms with Gasteiger partial charge < -0.3 is 9.47 Å². The number of hydrogen-bond donors (Lipinski definition) is 0. The van der Waals surface area contributed by atoms with E-state index in [1.165, 1.54) is 0 Å². The molecule has 0 aromatic rings. The van der Waals surface area contributed by atoms with Gasteiger partial charge in [-0.25, -0.2) is 9.59 Å². The fraction of sp³-hybridized carbons (Fsp3) is 0.714. The molecular weight excluding hydrogens is 232 g/mol. The van der Waals surface area contributed by atoms with Crippen molar-refractivity contribution in [2.24, 2.45) is 0 Å². The Morgan fingerprint density at radius 3 is 1.50 bits per heavy atom. The summed E-state index contributed by atoms with van der Waals surface area (Å²) in [6.07, 6.45) is 8.19. The minimum atomic E-state index is -0.489. The molecule has 0 amide bonds. The molecule has 0 aliphatic carbocycles. The number of esters is 2. The van der Waals surface area contributed by atoms with Crippen LogP contribution in [-0.2, 0) is 19.1 Å². The highest BCUT2D eigenvalue weighted by Crippen LogP contribution is 1.96. The van der Waals surface area contributed by atoms with Crippen LogP contribution in [0.1, 0.15) is 52.4 Å². The fourth-order valence-corrected chi connectivity index (χ4v) is 1.28. The molecule has 0 radical (unpaired) electrons. The van der Waals surface area contributed by atoms with Crippen LogP contribution in [0.15, 0.2) is 12.2 Å². The van der Waals surface area contributed by atoms with Gasteiger partial charge in [-0.15, -0.1) is 0 Å². The van der Waals surface area contributed by atoms with Gasteiger partial charge in [0.05, 0.1) is 13.2 Å². The van der Waals surface area contributed by atoms with E-state index in [9.17, 15) is 9.59 Å². The molecule has 0 aromatic heterocycles. The van der Waals surface area contributed by atoms with Crippen molar-refractivity contribution in [2.75, 3.05) is 13.2 Å². The molecule has 0 aliphatic rings. The zero-order chi connectivity index (χ0) is 13.6. The monoisotopic (exact) mass is 256 g/mol. The Morgan fingerprint density at radius 2 is 1.17 bits per heavy atom. The molecule has 0 aliphatic heterocycles. The number of rotatable bonds is 10. The van der Waals surface area contributed by atoms with Gasteiger partial charge in [-0.2, -0.15) is 0 Å². The van der Waals surface area contributed by atoms with Gasteiger partial charge in [0.2, 0.25) is 0 Å². The Morgan fingerprint density at radius 1 is 0.778 bits per heavy atom. The molecule has 4 heteroatoms. The van der Waals surface area contributed by atoms with E-state index in [2.05, 4.69) is 13.8 Å². The van der Waals surface area contributed by atoms with Crippen molar-refractivity contribution in [1.82, 2.24) is 0 Å². The summed E-state index contributed by atoms with van der Waals surface area (Å²) in [5, 5.41) is 0. The van der Waals surface area contributed by atoms with Crippen molar-refractivity contribution >= 4 is 11.9 Å². The van der Waals surface area contributed by atoms with Crippen molar-refractivity contribution < 1.29 is 19.1 Å². The van der Waals surface area contributed by atoms with Crippen molar-refractivity contribution in [3.05, 3.63) is 12.2 Å². The Balaban J connectivity index is 3.58. The van der Waals surface area contributed by atoms with Gasteiger partial charge in [0.15, 0.2) is 0 Å². The maximum Gasteiger partial charge on any atom is 0.331 e. The third-order valence-electron chi connectivity index (χ3n) is 2.34. The quantitative estimate of drug-likeness (QED) is 0.342. The fourth-order valence-electron chi connectivity index (χ4n) is 1.28. The molecule has 4 nitrogen and oxygen atoms in total. The summed E-state index contributed by atoms with van der Waals surface area (Å²) in [5.41, 5.74) is 0. The first-order chi connectivity index (χ1) is 8.70. The van der Waals surface area contributed by atoms with Crippen molar-refractivity contribution in [2.45, 2.75) is 52.4 Å². The standard InChI is InChI=1S/C14H24O4/c1-3-5-7-11-17-13(15)9-10-14(16)18-12-8-6-4-2/h9-10H,3-8,11-12H2,1-2H3/b10-9+. The lowest BCUT2D eigenvalue weighted by molar-refractivity contribution is -0.140. The predicted molar refractivity (Wildman–Crippen MR) is 70.1 cm³/mol. The molecule has 0 heterocycles. The van der Waals surface area contributed by atoms with Crippen LogP contribution in [0, 0.1) is 0 Å². The Bertz CT molecular complexity index is 233. The summed E-state index contributed by atoms with van der Waals surface area (Å²) >= 11 is 0. The van der Waals surface area contributed by atoms with E-state index < -0.39 is 11.9 Å². The van der Waals surface area contributed by atoms with Crippen LogP contribution in [0.2, 0.25) is 0 Å². The van der Waals surface area contributed by atoms with E-state index in [4.69, 9.17) is 9.47 Å². The molecule has 0 saturated carbocycles. The van der Waals surface area contributed by atoms with Gasteiger partial charge in [0.25, 0.3) is 0 Å². The first-order valence-electron chi connectivity index (χ1n) is 6.72. The van der Waals surface area contributed by atoms with Crippen molar-refractivity contribution in [1.29, 1.82) is 0 Å². The highest BCUT2D eigenvalue weighted by atomic mass is 16.5. The number of unbranched alkanes of at least 4 members (excludes halogenated alkanes) is 4. The van der Waals surface area contributed by atoms with Crippen molar-refractivity contribution in [3.8, 4) is 0 Å². The molecule has 0 saturated heterocycles. The number of ether oxygens (including phenoxy) is 2. The average Bonchev–Trinajstić information content (AvgIpc) is 2.37. The Hall–Kier alpha value is -1.32. The summed E-state index contributed by atoms with van der Waals surface area (Å²) in [6, 6.07) is 0. The molecule has 0 unspecified atom stereocenters. The molecule has 0 atom stereocenters. The van der Waals surface area contributed by atoms with E-state index in [-0.39, 0.29) is 0 Å². The van der Waals surface area contributed by atoms with E-state index in [1.54, 1.807) is 0 Å². The molecule has 0 rings (SSSR count). The van der Waals surface area contributed by atoms with Gasteiger partial charge in [0, 0.05) is 12.2 Å². The molecule has 0 spiro atoms. The van der Waals surface area contributed by atoms with E-state index in [0.29, 0.717) is 13.2 Å². The van der Waals surface area contributed by atoms with Crippen LogP contribution in [-0.4, -0.2) is 25.2 Å². The van der Waals surface area contributed by atoms with Crippen LogP contribution in [0.4, 0.5) is 0 Å². The van der Waals surface area contributed by atoms with Crippen LogP contribution >= 0.6 is 0 Å². The van der Waals surface area contributed by atoms with Gasteiger partial charge in [-0.05, 0) is 12.8 Å². The SMILES string of the molecule is CCCCCOC(=O)/C=C/C(=O)OCCCCC. The third-order valence-corrected chi connectivity index (χ3v) is 2.34. The first-order valence-corrected chi connectivity index (χ1v) is 6.72. The number of carbonyl (C=O) groups is 2. The maximum absolute atomic E-state index is 11.2. The molecule has 0 aromatic carbocycles. The second-order valence-electron chi connectivity index (χ2n) is 4.08. The number of hydrogen-bond acceptors (Lipinski definition) is 4. The lowest BCUT2D eigenvalue weighted by Gasteiger charge is -2.01. The highest BCUT2D eigenvalue weighted by Gasteiger charge is 2.00. The summed E-state index contributed by atoms with van der Waals surface area (Å²) in [4.78, 5) is 22.3. The minimum absolute atomic E-state index is 0.405. The summed E-state index contributed by atoms with van der Waals surface area (Å²) in [6.45, 7) is 4.97. The largest absolute Gasteiger partial charge is 0.463 e. The van der Waals surface area contributed by atoms with Crippen LogP contribution < -0.4 is 0 Å². The maximum atomic E-state index is 11.2. The molecule has 0 N–H and O–H groups in total. The lowest BCUT2D eigenvalue weighted by Crippen LogP contribution is -2.06. The molecule has 0 bridgehead atoms. The van der Waals surface area contributed by atoms with Gasteiger partial charge in [-0.1, -0.05) is 39.5 Å². The number of carbonyl (C=O) groups excluding carboxylic acids is 2. The Kier molecular flexibility index (Phi) is 11.3. The van der Waals surface area contributed by atoms with E-state index >= 15 is 0 Å². The van der Waals surface area contributed by atoms with Crippen LogP contribution in [0.25, 0.3) is 0 Å². The minimum Gasteiger partial charge on any atom is -0.463 e. The lowest BCUT2D eigenvalue weighted by atomic mass is 10.3. The average molecular weight is 256 g/mol. The summed E-state index contributed by atoms with van der Waals surface area (Å²) in [5.74, 6) is -0.978. The van der Waals surface area contributed by atoms with Gasteiger partial charge >= 0.3 is 11.9 Å². The van der Waals surface area contributed by atoms with Gasteiger partial charge in [-0.3, -0.25) is 0 Å². The summed E-state index contributed by atoms with van der Waals surface area (Å²) in [7, 11) is 0. The molecule has 104 valence electrons. The highest BCUT2D eigenvalue weighted by molar-refractivity contribution is 5.91. The van der Waals surface area contributed by atoms with Crippen molar-refractivity contribution in [3.63, 3.8) is 0 Å². The van der Waals surface area contributed by atoms with E-state index in [1.807, 2.05) is 0 Å². The summed E-state index contributed by atoms with van der Waals surface area (Å²) < 4.78 is 9.81. The third kappa shape index (κ3) is 11.2.